The Labute approximate surface area is 129 Å². The van der Waals surface area contributed by atoms with Crippen LogP contribution in [0.15, 0.2) is 36.7 Å². The normalized spacial score (nSPS) is 12.9. The highest BCUT2D eigenvalue weighted by Crippen LogP contribution is 2.34. The van der Waals surface area contributed by atoms with Crippen molar-refractivity contribution in [2.45, 2.75) is 33.4 Å². The first kappa shape index (κ1) is 14.3. The molecule has 3 nitrogen and oxygen atoms in total. The summed E-state index contributed by atoms with van der Waals surface area (Å²) >= 11 is 1.90. The van der Waals surface area contributed by atoms with Crippen molar-refractivity contribution >= 4 is 21.4 Å². The molecule has 1 N–H and O–H groups in total. The van der Waals surface area contributed by atoms with Crippen molar-refractivity contribution in [3.8, 4) is 0 Å². The molecule has 0 spiro atoms. The van der Waals surface area contributed by atoms with Crippen LogP contribution in [0.5, 0.6) is 0 Å². The van der Waals surface area contributed by atoms with Gasteiger partial charge in [-0.05, 0) is 43.4 Å². The van der Waals surface area contributed by atoms with Gasteiger partial charge in [0.2, 0.25) is 0 Å². The molecule has 0 radical (unpaired) electrons. The highest BCUT2D eigenvalue weighted by atomic mass is 32.1. The molecular weight excluding hydrogens is 278 g/mol. The molecule has 1 unspecified atom stereocenters. The summed E-state index contributed by atoms with van der Waals surface area (Å²) in [4.78, 5) is 1.44. The second-order valence-electron chi connectivity index (χ2n) is 5.54. The van der Waals surface area contributed by atoms with Crippen LogP contribution in [-0.4, -0.2) is 16.3 Å². The minimum atomic E-state index is 0.374. The first-order valence-electron chi connectivity index (χ1n) is 7.35. The van der Waals surface area contributed by atoms with Crippen molar-refractivity contribution in [3.63, 3.8) is 0 Å². The maximum absolute atomic E-state index is 4.32. The van der Waals surface area contributed by atoms with Gasteiger partial charge >= 0.3 is 0 Å². The second kappa shape index (κ2) is 6.00. The number of benzene rings is 1. The molecule has 0 fully saturated rings. The summed E-state index contributed by atoms with van der Waals surface area (Å²) in [6.07, 6.45) is 3.98. The molecule has 0 aliphatic carbocycles. The van der Waals surface area contributed by atoms with Gasteiger partial charge in [0.05, 0.1) is 12.7 Å². The fourth-order valence-corrected chi connectivity index (χ4v) is 3.92. The molecule has 1 aromatic carbocycles. The van der Waals surface area contributed by atoms with E-state index in [-0.39, 0.29) is 0 Å². The second-order valence-corrected chi connectivity index (χ2v) is 6.63. The quantitative estimate of drug-likeness (QED) is 0.770. The lowest BCUT2D eigenvalue weighted by atomic mass is 10.1. The summed E-state index contributed by atoms with van der Waals surface area (Å²) < 4.78 is 3.37. The maximum Gasteiger partial charge on any atom is 0.0534 e. The van der Waals surface area contributed by atoms with Gasteiger partial charge in [0.1, 0.15) is 0 Å². The van der Waals surface area contributed by atoms with E-state index in [9.17, 15) is 0 Å². The summed E-state index contributed by atoms with van der Waals surface area (Å²) in [6.45, 7) is 8.37. The highest BCUT2D eigenvalue weighted by molar-refractivity contribution is 7.19. The van der Waals surface area contributed by atoms with E-state index in [2.05, 4.69) is 61.6 Å². The number of hydrogen-bond acceptors (Lipinski definition) is 3. The van der Waals surface area contributed by atoms with Crippen molar-refractivity contribution in [3.05, 3.63) is 52.7 Å². The largest absolute Gasteiger partial charge is 0.308 e. The molecule has 0 saturated heterocycles. The number of fused-ring (bicyclic) bond motifs is 1. The first-order valence-corrected chi connectivity index (χ1v) is 8.17. The van der Waals surface area contributed by atoms with Gasteiger partial charge in [-0.3, -0.25) is 4.68 Å². The Bertz CT molecular complexity index is 741. The lowest BCUT2D eigenvalue weighted by Gasteiger charge is -2.13. The molecule has 0 aliphatic rings. The van der Waals surface area contributed by atoms with Crippen LogP contribution in [-0.2, 0) is 6.54 Å². The fraction of sp³-hybridized carbons (Fsp3) is 0.353. The Morgan fingerprint density at radius 1 is 1.29 bits per heavy atom. The molecule has 2 aromatic heterocycles. The van der Waals surface area contributed by atoms with Crippen molar-refractivity contribution in [2.75, 3.05) is 6.54 Å². The minimum absolute atomic E-state index is 0.374. The first-order chi connectivity index (χ1) is 10.1. The lowest BCUT2D eigenvalue weighted by molar-refractivity contribution is 0.510. The van der Waals surface area contributed by atoms with E-state index < -0.39 is 0 Å². The lowest BCUT2D eigenvalue weighted by Crippen LogP contribution is -2.23. The van der Waals surface area contributed by atoms with Crippen LogP contribution in [0.3, 0.4) is 0 Å². The summed E-state index contributed by atoms with van der Waals surface area (Å²) in [6, 6.07) is 9.02. The van der Waals surface area contributed by atoms with Crippen molar-refractivity contribution in [2.24, 2.45) is 0 Å². The Balaban J connectivity index is 1.66. The van der Waals surface area contributed by atoms with Crippen LogP contribution in [0.1, 0.15) is 29.0 Å². The molecule has 0 aliphatic heterocycles. The van der Waals surface area contributed by atoms with E-state index in [0.717, 1.165) is 13.1 Å². The zero-order valence-electron chi connectivity index (χ0n) is 12.8. The van der Waals surface area contributed by atoms with E-state index >= 15 is 0 Å². The minimum Gasteiger partial charge on any atom is -0.308 e. The standard InChI is InChI=1S/C17H21N3S/c1-12-10-19-20(11-12)9-8-18-14(3)17-13(2)15-6-4-5-7-16(15)21-17/h4-7,10-11,14,18H,8-9H2,1-3H3. The Hall–Kier alpha value is -1.65. The number of aromatic nitrogens is 2. The van der Waals surface area contributed by atoms with Gasteiger partial charge in [-0.15, -0.1) is 11.3 Å². The van der Waals surface area contributed by atoms with E-state index in [4.69, 9.17) is 0 Å². The number of aryl methyl sites for hydroxylation is 2. The van der Waals surface area contributed by atoms with Crippen LogP contribution in [0.4, 0.5) is 0 Å². The van der Waals surface area contributed by atoms with Gasteiger partial charge in [0, 0.05) is 28.4 Å². The highest BCUT2D eigenvalue weighted by Gasteiger charge is 2.13. The Morgan fingerprint density at radius 2 is 2.10 bits per heavy atom. The zero-order valence-corrected chi connectivity index (χ0v) is 13.6. The predicted octanol–water partition coefficient (Wildman–Crippen LogP) is 4.07. The molecule has 110 valence electrons. The summed E-state index contributed by atoms with van der Waals surface area (Å²) in [5.41, 5.74) is 2.62. The molecule has 0 bridgehead atoms. The number of hydrogen-bond donors (Lipinski definition) is 1. The topological polar surface area (TPSA) is 29.9 Å². The maximum atomic E-state index is 4.32. The van der Waals surface area contributed by atoms with Gasteiger partial charge in [-0.2, -0.15) is 5.10 Å². The monoisotopic (exact) mass is 299 g/mol. The van der Waals surface area contributed by atoms with Crippen LogP contribution < -0.4 is 5.32 Å². The summed E-state index contributed by atoms with van der Waals surface area (Å²) in [5, 5.41) is 9.31. The van der Waals surface area contributed by atoms with Crippen molar-refractivity contribution in [1.29, 1.82) is 0 Å². The molecule has 0 saturated carbocycles. The van der Waals surface area contributed by atoms with Crippen LogP contribution in [0.25, 0.3) is 10.1 Å². The number of nitrogens with zero attached hydrogens (tertiary/aromatic N) is 2. The third-order valence-corrected chi connectivity index (χ3v) is 5.28. The zero-order chi connectivity index (χ0) is 14.8. The van der Waals surface area contributed by atoms with Crippen LogP contribution >= 0.6 is 11.3 Å². The molecule has 4 heteroatoms. The van der Waals surface area contributed by atoms with Gasteiger partial charge < -0.3 is 5.32 Å². The molecular formula is C17H21N3S. The number of thiophene rings is 1. The number of nitrogens with one attached hydrogen (secondary N) is 1. The third-order valence-electron chi connectivity index (χ3n) is 3.83. The van der Waals surface area contributed by atoms with Gasteiger partial charge in [0.25, 0.3) is 0 Å². The molecule has 21 heavy (non-hydrogen) atoms. The van der Waals surface area contributed by atoms with Gasteiger partial charge in [-0.25, -0.2) is 0 Å². The van der Waals surface area contributed by atoms with Crippen molar-refractivity contribution < 1.29 is 0 Å². The SMILES string of the molecule is Cc1cnn(CCNC(C)c2sc3ccccc3c2C)c1. The average Bonchev–Trinajstić information content (AvgIpc) is 3.03. The molecule has 3 aromatic rings. The molecule has 3 rings (SSSR count). The number of rotatable bonds is 5. The average molecular weight is 299 g/mol. The van der Waals surface area contributed by atoms with Crippen molar-refractivity contribution in [1.82, 2.24) is 15.1 Å². The molecule has 1 atom stereocenters. The molecule has 0 amide bonds. The van der Waals surface area contributed by atoms with Gasteiger partial charge in [-0.1, -0.05) is 18.2 Å². The fourth-order valence-electron chi connectivity index (χ4n) is 2.68. The summed E-state index contributed by atoms with van der Waals surface area (Å²) in [5.74, 6) is 0. The Morgan fingerprint density at radius 3 is 2.81 bits per heavy atom. The Kier molecular flexibility index (Phi) is 4.08. The van der Waals surface area contributed by atoms with E-state index in [0.29, 0.717) is 6.04 Å². The third kappa shape index (κ3) is 3.01. The van der Waals surface area contributed by atoms with E-state index in [1.165, 1.54) is 26.1 Å². The van der Waals surface area contributed by atoms with E-state index in [1.54, 1.807) is 0 Å². The van der Waals surface area contributed by atoms with E-state index in [1.807, 2.05) is 22.2 Å². The smallest absolute Gasteiger partial charge is 0.0534 e. The van der Waals surface area contributed by atoms with Gasteiger partial charge in [0.15, 0.2) is 0 Å². The molecule has 2 heterocycles. The summed E-state index contributed by atoms with van der Waals surface area (Å²) in [7, 11) is 0. The van der Waals surface area contributed by atoms with Crippen LogP contribution in [0, 0.1) is 13.8 Å². The predicted molar refractivity (Wildman–Crippen MR) is 89.9 cm³/mol. The van der Waals surface area contributed by atoms with Crippen LogP contribution in [0.2, 0.25) is 0 Å².